The quantitative estimate of drug-likeness (QED) is 0.375. The number of carbonyl (C=O) groups is 1. The topological polar surface area (TPSA) is 143 Å². The summed E-state index contributed by atoms with van der Waals surface area (Å²) < 4.78 is 11.3. The summed E-state index contributed by atoms with van der Waals surface area (Å²) in [4.78, 5) is 23.7. The molecule has 0 bridgehead atoms. The van der Waals surface area contributed by atoms with Crippen molar-refractivity contribution in [1.29, 1.82) is 0 Å². The molecule has 1 heterocycles. The van der Waals surface area contributed by atoms with Crippen molar-refractivity contribution in [2.75, 3.05) is 5.32 Å². The van der Waals surface area contributed by atoms with Crippen molar-refractivity contribution >= 4 is 17.3 Å². The van der Waals surface area contributed by atoms with Crippen molar-refractivity contribution < 1.29 is 19.2 Å². The van der Waals surface area contributed by atoms with Crippen LogP contribution in [-0.4, -0.2) is 16.5 Å². The molecule has 0 spiro atoms. The summed E-state index contributed by atoms with van der Waals surface area (Å²) in [5.41, 5.74) is 12.0. The van der Waals surface area contributed by atoms with Gasteiger partial charge in [0.25, 0.3) is 5.69 Å². The Balaban J connectivity index is 2.02. The summed E-state index contributed by atoms with van der Waals surface area (Å²) in [5, 5.41) is 14.0. The van der Waals surface area contributed by atoms with E-state index in [9.17, 15) is 14.9 Å². The monoisotopic (exact) mass is 426 g/mol. The molecule has 0 saturated carbocycles. The van der Waals surface area contributed by atoms with E-state index in [0.717, 1.165) is 0 Å². The molecule has 9 nitrogen and oxygen atoms in total. The predicted molar refractivity (Wildman–Crippen MR) is 116 cm³/mol. The van der Waals surface area contributed by atoms with E-state index in [2.05, 4.69) is 5.32 Å². The zero-order chi connectivity index (χ0) is 23.0. The summed E-state index contributed by atoms with van der Waals surface area (Å²) in [5.74, 6) is 0.837. The molecule has 0 aromatic heterocycles. The zero-order valence-corrected chi connectivity index (χ0v) is 17.9. The molecular weight excluding hydrogens is 400 g/mol. The van der Waals surface area contributed by atoms with E-state index in [0.29, 0.717) is 34.1 Å². The number of nitrogens with two attached hydrogens (primary N) is 2. The Morgan fingerprint density at radius 1 is 1.19 bits per heavy atom. The lowest BCUT2D eigenvalue weighted by Crippen LogP contribution is -2.50. The van der Waals surface area contributed by atoms with Crippen LogP contribution in [0.1, 0.15) is 38.8 Å². The van der Waals surface area contributed by atoms with E-state index >= 15 is 0 Å². The molecule has 2 aromatic rings. The third-order valence-electron chi connectivity index (χ3n) is 4.80. The number of carbonyl (C=O) groups excluding carboxylic acids is 1. The Kier molecular flexibility index (Phi) is 5.64. The minimum atomic E-state index is -1.55. The highest BCUT2D eigenvalue weighted by Gasteiger charge is 2.40. The van der Waals surface area contributed by atoms with Gasteiger partial charge in [0, 0.05) is 18.6 Å². The Morgan fingerprint density at radius 2 is 1.84 bits per heavy atom. The molecule has 0 saturated heterocycles. The van der Waals surface area contributed by atoms with Crippen molar-refractivity contribution in [2.45, 2.75) is 45.3 Å². The molecule has 0 fully saturated rings. The highest BCUT2D eigenvalue weighted by molar-refractivity contribution is 5.84. The Hall–Kier alpha value is -3.59. The van der Waals surface area contributed by atoms with E-state index in [4.69, 9.17) is 20.9 Å². The number of non-ortho nitro benzene ring substituents is 1. The van der Waals surface area contributed by atoms with Gasteiger partial charge < -0.3 is 26.3 Å². The second-order valence-electron chi connectivity index (χ2n) is 8.48. The number of anilines is 1. The normalized spacial score (nSPS) is 15.3. The molecule has 1 atom stereocenters. The summed E-state index contributed by atoms with van der Waals surface area (Å²) in [7, 11) is 0. The van der Waals surface area contributed by atoms with Gasteiger partial charge in [0.15, 0.2) is 5.75 Å². The highest BCUT2D eigenvalue weighted by Crippen LogP contribution is 2.36. The second kappa shape index (κ2) is 7.92. The van der Waals surface area contributed by atoms with Gasteiger partial charge in [-0.3, -0.25) is 10.1 Å². The molecule has 1 unspecified atom stereocenters. The lowest BCUT2D eigenvalue weighted by Gasteiger charge is -2.33. The number of fused-ring (bicyclic) bond motifs is 1. The maximum atomic E-state index is 13.2. The molecule has 3 rings (SSSR count). The van der Waals surface area contributed by atoms with Crippen LogP contribution in [0.5, 0.6) is 5.75 Å². The number of hydrogen-bond acceptors (Lipinski definition) is 8. The minimum Gasteiger partial charge on any atom is -0.458 e. The van der Waals surface area contributed by atoms with Crippen LogP contribution in [0.15, 0.2) is 54.0 Å². The fourth-order valence-electron chi connectivity index (χ4n) is 3.17. The summed E-state index contributed by atoms with van der Waals surface area (Å²) >= 11 is 0. The summed E-state index contributed by atoms with van der Waals surface area (Å²) in [6, 6.07) is 11.0. The molecule has 164 valence electrons. The largest absolute Gasteiger partial charge is 0.458 e. The first kappa shape index (κ1) is 22.1. The number of nitro groups is 1. The van der Waals surface area contributed by atoms with Gasteiger partial charge in [0.05, 0.1) is 10.6 Å². The van der Waals surface area contributed by atoms with Gasteiger partial charge in [-0.05, 0) is 51.0 Å². The van der Waals surface area contributed by atoms with Crippen molar-refractivity contribution in [1.82, 2.24) is 0 Å². The van der Waals surface area contributed by atoms with Gasteiger partial charge in [-0.25, -0.2) is 4.79 Å². The van der Waals surface area contributed by atoms with Gasteiger partial charge >= 0.3 is 5.97 Å². The van der Waals surface area contributed by atoms with E-state index in [1.807, 2.05) is 0 Å². The first-order valence-electron chi connectivity index (χ1n) is 9.70. The maximum absolute atomic E-state index is 13.2. The Morgan fingerprint density at radius 3 is 2.42 bits per heavy atom. The lowest BCUT2D eigenvalue weighted by molar-refractivity contribution is -0.384. The molecule has 0 aliphatic carbocycles. The number of benzene rings is 2. The number of rotatable bonds is 5. The second-order valence-corrected chi connectivity index (χ2v) is 8.48. The van der Waals surface area contributed by atoms with Crippen molar-refractivity contribution in [3.05, 3.63) is 75.3 Å². The summed E-state index contributed by atoms with van der Waals surface area (Å²) in [6.45, 7) is 7.01. The predicted octanol–water partition coefficient (Wildman–Crippen LogP) is 3.29. The molecule has 0 amide bonds. The van der Waals surface area contributed by atoms with Crippen LogP contribution in [0, 0.1) is 10.1 Å². The molecule has 31 heavy (non-hydrogen) atoms. The highest BCUT2D eigenvalue weighted by atomic mass is 16.6. The summed E-state index contributed by atoms with van der Waals surface area (Å²) in [6.07, 6.45) is 0.0733. The van der Waals surface area contributed by atoms with Crippen LogP contribution in [-0.2, 0) is 21.5 Å². The van der Waals surface area contributed by atoms with Gasteiger partial charge in [0.2, 0.25) is 0 Å². The molecule has 1 aliphatic heterocycles. The number of hydrogen-bond donors (Lipinski definition) is 3. The van der Waals surface area contributed by atoms with Crippen molar-refractivity contribution in [3.63, 3.8) is 0 Å². The molecule has 5 N–H and O–H groups in total. The van der Waals surface area contributed by atoms with Gasteiger partial charge in [-0.2, -0.15) is 0 Å². The Bertz CT molecular complexity index is 1060. The average Bonchev–Trinajstić information content (AvgIpc) is 2.67. The van der Waals surface area contributed by atoms with E-state index in [1.54, 1.807) is 58.0 Å². The van der Waals surface area contributed by atoms with Gasteiger partial charge in [-0.1, -0.05) is 18.2 Å². The van der Waals surface area contributed by atoms with Crippen LogP contribution in [0.4, 0.5) is 11.4 Å². The van der Waals surface area contributed by atoms with Gasteiger partial charge in [-0.15, -0.1) is 0 Å². The van der Waals surface area contributed by atoms with Crippen molar-refractivity contribution in [2.24, 2.45) is 11.5 Å². The third kappa shape index (κ3) is 4.77. The SMILES string of the molecule is CC1=C(N)Nc2cc(C(N)(Cc3ccc([N+](=O)[O-])cc3)C(=O)OC(C)(C)C)ccc2O1. The lowest BCUT2D eigenvalue weighted by atomic mass is 9.84. The fourth-order valence-corrected chi connectivity index (χ4v) is 3.17. The molecule has 0 radical (unpaired) electrons. The van der Waals surface area contributed by atoms with Crippen molar-refractivity contribution in [3.8, 4) is 5.75 Å². The number of ether oxygens (including phenoxy) is 2. The number of allylic oxidation sites excluding steroid dienone is 1. The third-order valence-corrected chi connectivity index (χ3v) is 4.80. The van der Waals surface area contributed by atoms with Crippen LogP contribution in [0.25, 0.3) is 0 Å². The van der Waals surface area contributed by atoms with E-state index in [1.165, 1.54) is 12.1 Å². The smallest absolute Gasteiger partial charge is 0.331 e. The van der Waals surface area contributed by atoms with E-state index in [-0.39, 0.29) is 12.1 Å². The number of esters is 1. The Labute approximate surface area is 180 Å². The molecule has 9 heteroatoms. The zero-order valence-electron chi connectivity index (χ0n) is 17.9. The molecular formula is C22H26N4O5. The number of nitrogens with zero attached hydrogens (tertiary/aromatic N) is 1. The van der Waals surface area contributed by atoms with E-state index < -0.39 is 22.0 Å². The van der Waals surface area contributed by atoms with Crippen LogP contribution >= 0.6 is 0 Å². The standard InChI is InChI=1S/C22H26N4O5/c1-13-19(23)25-17-11-15(7-10-18(17)30-13)22(24,20(27)31-21(2,3)4)12-14-5-8-16(9-6-14)26(28)29/h5-11,25H,12,23-24H2,1-4H3. The van der Waals surface area contributed by atoms with Crippen LogP contribution in [0.2, 0.25) is 0 Å². The van der Waals surface area contributed by atoms with Crippen LogP contribution in [0.3, 0.4) is 0 Å². The fraction of sp³-hybridized carbons (Fsp3) is 0.318. The number of nitrogens with one attached hydrogen (secondary N) is 1. The maximum Gasteiger partial charge on any atom is 0.331 e. The average molecular weight is 426 g/mol. The first-order valence-corrected chi connectivity index (χ1v) is 9.70. The molecule has 2 aromatic carbocycles. The minimum absolute atomic E-state index is 0.0450. The molecule has 1 aliphatic rings. The first-order chi connectivity index (χ1) is 14.4. The van der Waals surface area contributed by atoms with Crippen LogP contribution < -0.4 is 21.5 Å². The van der Waals surface area contributed by atoms with Gasteiger partial charge in [0.1, 0.15) is 22.7 Å². The number of nitro benzene ring substituents is 1.